The summed E-state index contributed by atoms with van der Waals surface area (Å²) in [5.41, 5.74) is -1.08. The normalized spacial score (nSPS) is 30.6. The summed E-state index contributed by atoms with van der Waals surface area (Å²) in [6.07, 6.45) is 2.19. The molecule has 0 spiro atoms. The Morgan fingerprint density at radius 1 is 1.35 bits per heavy atom. The third-order valence-electron chi connectivity index (χ3n) is 5.37. The summed E-state index contributed by atoms with van der Waals surface area (Å²) in [6.45, 7) is 0. The number of methoxy groups -OCH3 is 1. The highest BCUT2D eigenvalue weighted by molar-refractivity contribution is 7.98. The fourth-order valence-corrected chi connectivity index (χ4v) is 4.63. The second-order valence-corrected chi connectivity index (χ2v) is 7.57. The number of thioether (sulfide) groups is 1. The zero-order valence-electron chi connectivity index (χ0n) is 14.8. The van der Waals surface area contributed by atoms with Crippen molar-refractivity contribution in [2.24, 2.45) is 11.8 Å². The van der Waals surface area contributed by atoms with Gasteiger partial charge in [-0.05, 0) is 24.5 Å². The molecule has 0 saturated carbocycles. The van der Waals surface area contributed by atoms with Crippen molar-refractivity contribution < 1.29 is 23.5 Å². The van der Waals surface area contributed by atoms with Gasteiger partial charge in [0.15, 0.2) is 0 Å². The van der Waals surface area contributed by atoms with Crippen molar-refractivity contribution in [1.29, 1.82) is 0 Å². The van der Waals surface area contributed by atoms with Crippen LogP contribution in [0.4, 0.5) is 4.39 Å². The van der Waals surface area contributed by atoms with Crippen molar-refractivity contribution in [1.82, 2.24) is 10.2 Å². The first-order valence-corrected chi connectivity index (χ1v) is 9.69. The molecule has 6 nitrogen and oxygen atoms in total. The number of hydrogen-bond donors (Lipinski definition) is 1. The van der Waals surface area contributed by atoms with Gasteiger partial charge in [0.2, 0.25) is 11.8 Å². The number of fused-ring (bicyclic) bond motifs is 1. The number of benzene rings is 1. The molecule has 1 aromatic rings. The highest BCUT2D eigenvalue weighted by Gasteiger charge is 2.68. The average molecular weight is 380 g/mol. The molecule has 2 heterocycles. The first-order valence-electron chi connectivity index (χ1n) is 8.30. The number of ether oxygens (including phenoxy) is 1. The molecule has 4 atom stereocenters. The molecule has 26 heavy (non-hydrogen) atoms. The first-order chi connectivity index (χ1) is 12.4. The Morgan fingerprint density at radius 2 is 2.04 bits per heavy atom. The summed E-state index contributed by atoms with van der Waals surface area (Å²) in [7, 11) is 2.65. The number of amides is 2. The Hall–Kier alpha value is -1.93. The van der Waals surface area contributed by atoms with Crippen LogP contribution in [0.3, 0.4) is 0 Å². The van der Waals surface area contributed by atoms with Gasteiger partial charge < -0.3 is 4.74 Å². The van der Waals surface area contributed by atoms with Gasteiger partial charge >= 0.3 is 5.97 Å². The SMILES string of the molecule is COC(=O)[C@]1(CCSC)N[C@H](c2ccccc2F)[C@H]2C(=O)N(C)C(=O)[C@H]21. The quantitative estimate of drug-likeness (QED) is 0.614. The molecule has 0 unspecified atom stereocenters. The standard InChI is InChI=1S/C18H21FN2O4S/c1-21-15(22)12-13(16(21)23)18(8-9-26-3,17(24)25-2)20-14(12)10-6-4-5-7-11(10)19/h4-7,12-14,20H,8-9H2,1-3H3/t12-,13-,14+,18+/m0/s1. The molecule has 3 rings (SSSR count). The fraction of sp³-hybridized carbons (Fsp3) is 0.500. The molecule has 1 N–H and O–H groups in total. The molecule has 1 aromatic carbocycles. The maximum Gasteiger partial charge on any atom is 0.326 e. The lowest BCUT2D eigenvalue weighted by molar-refractivity contribution is -0.154. The molecule has 140 valence electrons. The van der Waals surface area contributed by atoms with E-state index in [-0.39, 0.29) is 5.56 Å². The zero-order chi connectivity index (χ0) is 19.1. The maximum atomic E-state index is 14.4. The van der Waals surface area contributed by atoms with Crippen molar-refractivity contribution >= 4 is 29.5 Å². The lowest BCUT2D eigenvalue weighted by Crippen LogP contribution is -2.56. The Balaban J connectivity index is 2.15. The Kier molecular flexibility index (Phi) is 5.07. The summed E-state index contributed by atoms with van der Waals surface area (Å²) in [5.74, 6) is -3.09. The van der Waals surface area contributed by atoms with Gasteiger partial charge in [-0.25, -0.2) is 4.39 Å². The van der Waals surface area contributed by atoms with Gasteiger partial charge in [0.05, 0.1) is 18.9 Å². The third kappa shape index (κ3) is 2.63. The Bertz CT molecular complexity index is 758. The van der Waals surface area contributed by atoms with Gasteiger partial charge in [0, 0.05) is 18.7 Å². The minimum atomic E-state index is -1.35. The largest absolute Gasteiger partial charge is 0.468 e. The van der Waals surface area contributed by atoms with E-state index in [2.05, 4.69) is 5.32 Å². The lowest BCUT2D eigenvalue weighted by Gasteiger charge is -2.32. The van der Waals surface area contributed by atoms with E-state index < -0.39 is 47.0 Å². The molecule has 0 aromatic heterocycles. The van der Waals surface area contributed by atoms with Crippen molar-refractivity contribution in [3.8, 4) is 0 Å². The average Bonchev–Trinajstić information content (AvgIpc) is 3.10. The minimum Gasteiger partial charge on any atom is -0.468 e. The lowest BCUT2D eigenvalue weighted by atomic mass is 9.78. The summed E-state index contributed by atoms with van der Waals surface area (Å²) in [4.78, 5) is 39.3. The van der Waals surface area contributed by atoms with Gasteiger partial charge in [0.25, 0.3) is 0 Å². The number of nitrogens with zero attached hydrogens (tertiary/aromatic N) is 1. The monoisotopic (exact) mass is 380 g/mol. The highest BCUT2D eigenvalue weighted by atomic mass is 32.2. The molecule has 0 aliphatic carbocycles. The van der Waals surface area contributed by atoms with Crippen molar-refractivity contribution in [3.63, 3.8) is 0 Å². The molecule has 8 heteroatoms. The van der Waals surface area contributed by atoms with E-state index in [1.807, 2.05) is 6.26 Å². The zero-order valence-corrected chi connectivity index (χ0v) is 15.6. The van der Waals surface area contributed by atoms with Crippen LogP contribution in [-0.2, 0) is 19.1 Å². The predicted octanol–water partition coefficient (Wildman–Crippen LogP) is 1.37. The fourth-order valence-electron chi connectivity index (χ4n) is 4.11. The summed E-state index contributed by atoms with van der Waals surface area (Å²) in [5, 5.41) is 3.13. The number of carbonyl (C=O) groups excluding carboxylic acids is 3. The predicted molar refractivity (Wildman–Crippen MR) is 94.8 cm³/mol. The summed E-state index contributed by atoms with van der Waals surface area (Å²) >= 11 is 1.52. The van der Waals surface area contributed by atoms with Crippen LogP contribution in [0.25, 0.3) is 0 Å². The number of imide groups is 1. The second kappa shape index (κ2) is 7.00. The van der Waals surface area contributed by atoms with Crippen LogP contribution in [0.1, 0.15) is 18.0 Å². The van der Waals surface area contributed by atoms with Crippen molar-refractivity contribution in [2.45, 2.75) is 18.0 Å². The van der Waals surface area contributed by atoms with Crippen LogP contribution in [0.15, 0.2) is 24.3 Å². The second-order valence-electron chi connectivity index (χ2n) is 6.59. The maximum absolute atomic E-state index is 14.4. The van der Waals surface area contributed by atoms with Gasteiger partial charge in [0.1, 0.15) is 11.4 Å². The molecule has 2 aliphatic rings. The molecule has 2 aliphatic heterocycles. The van der Waals surface area contributed by atoms with Gasteiger partial charge in [-0.2, -0.15) is 11.8 Å². The topological polar surface area (TPSA) is 75.7 Å². The van der Waals surface area contributed by atoms with Crippen molar-refractivity contribution in [3.05, 3.63) is 35.6 Å². The first kappa shape index (κ1) is 18.8. The molecule has 2 amide bonds. The van der Waals surface area contributed by atoms with Gasteiger partial charge in [-0.15, -0.1) is 0 Å². The number of esters is 1. The van der Waals surface area contributed by atoms with Crippen LogP contribution in [0, 0.1) is 17.7 Å². The Labute approximate surface area is 155 Å². The Morgan fingerprint density at radius 3 is 2.65 bits per heavy atom. The van der Waals surface area contributed by atoms with E-state index in [4.69, 9.17) is 4.74 Å². The van der Waals surface area contributed by atoms with E-state index in [1.165, 1.54) is 32.0 Å². The molecule has 2 saturated heterocycles. The number of likely N-dealkylation sites (tertiary alicyclic amines) is 1. The van der Waals surface area contributed by atoms with E-state index in [1.54, 1.807) is 18.2 Å². The smallest absolute Gasteiger partial charge is 0.326 e. The summed E-state index contributed by atoms with van der Waals surface area (Å²) < 4.78 is 19.4. The van der Waals surface area contributed by atoms with Crippen LogP contribution >= 0.6 is 11.8 Å². The number of rotatable bonds is 5. The van der Waals surface area contributed by atoms with Crippen LogP contribution in [0.5, 0.6) is 0 Å². The third-order valence-corrected chi connectivity index (χ3v) is 5.98. The number of halogens is 1. The molecular weight excluding hydrogens is 359 g/mol. The van der Waals surface area contributed by atoms with Gasteiger partial charge in [-0.1, -0.05) is 18.2 Å². The van der Waals surface area contributed by atoms with Crippen LogP contribution < -0.4 is 5.32 Å². The van der Waals surface area contributed by atoms with E-state index >= 15 is 0 Å². The molecule has 0 bridgehead atoms. The van der Waals surface area contributed by atoms with Crippen LogP contribution in [-0.4, -0.2) is 54.4 Å². The highest BCUT2D eigenvalue weighted by Crippen LogP contribution is 2.50. The van der Waals surface area contributed by atoms with Gasteiger partial charge in [-0.3, -0.25) is 24.6 Å². The van der Waals surface area contributed by atoms with E-state index in [9.17, 15) is 18.8 Å². The van der Waals surface area contributed by atoms with E-state index in [0.29, 0.717) is 12.2 Å². The van der Waals surface area contributed by atoms with E-state index in [0.717, 1.165) is 4.90 Å². The molecule has 0 radical (unpaired) electrons. The van der Waals surface area contributed by atoms with Crippen LogP contribution in [0.2, 0.25) is 0 Å². The number of nitrogens with one attached hydrogen (secondary N) is 1. The number of hydrogen-bond acceptors (Lipinski definition) is 6. The molecule has 2 fully saturated rings. The number of carbonyl (C=O) groups is 3. The molecular formula is C18H21FN2O4S. The van der Waals surface area contributed by atoms with Crippen molar-refractivity contribution in [2.75, 3.05) is 26.2 Å². The summed E-state index contributed by atoms with van der Waals surface area (Å²) in [6, 6.07) is 5.32. The minimum absolute atomic E-state index is 0.272.